The molecular weight excluding hydrogens is 281 g/mol. The number of para-hydroxylation sites is 1. The number of nitrogens with two attached hydrogens (primary N) is 1. The molecule has 2 N–H and O–H groups in total. The summed E-state index contributed by atoms with van der Waals surface area (Å²) < 4.78 is 5.32. The van der Waals surface area contributed by atoms with Gasteiger partial charge in [0, 0.05) is 21.7 Å². The second kappa shape index (κ2) is 6.29. The zero-order valence-corrected chi connectivity index (χ0v) is 12.1. The zero-order valence-electron chi connectivity index (χ0n) is 10.6. The molecule has 0 saturated heterocycles. The predicted molar refractivity (Wildman–Crippen MR) is 80.1 cm³/mol. The van der Waals surface area contributed by atoms with Crippen LogP contribution in [0.15, 0.2) is 42.5 Å². The van der Waals surface area contributed by atoms with E-state index in [2.05, 4.69) is 0 Å². The molecule has 1 unspecified atom stereocenters. The largest absolute Gasteiger partial charge is 0.496 e. The average Bonchev–Trinajstić information content (AvgIpc) is 2.42. The molecule has 0 aliphatic heterocycles. The van der Waals surface area contributed by atoms with Crippen LogP contribution in [0.4, 0.5) is 0 Å². The van der Waals surface area contributed by atoms with Gasteiger partial charge < -0.3 is 10.5 Å². The van der Waals surface area contributed by atoms with Crippen LogP contribution in [0, 0.1) is 0 Å². The van der Waals surface area contributed by atoms with Gasteiger partial charge in [-0.25, -0.2) is 0 Å². The lowest BCUT2D eigenvalue weighted by molar-refractivity contribution is 0.405. The Morgan fingerprint density at radius 2 is 1.68 bits per heavy atom. The Labute approximate surface area is 123 Å². The minimum absolute atomic E-state index is 0.214. The lowest BCUT2D eigenvalue weighted by Crippen LogP contribution is -2.15. The minimum atomic E-state index is -0.214. The molecule has 2 aromatic carbocycles. The minimum Gasteiger partial charge on any atom is -0.496 e. The summed E-state index contributed by atoms with van der Waals surface area (Å²) in [6.45, 7) is 0. The van der Waals surface area contributed by atoms with Gasteiger partial charge in [0.25, 0.3) is 0 Å². The smallest absolute Gasteiger partial charge is 0.123 e. The molecule has 0 fully saturated rings. The van der Waals surface area contributed by atoms with Crippen molar-refractivity contribution in [1.82, 2.24) is 0 Å². The fourth-order valence-electron chi connectivity index (χ4n) is 2.03. The summed E-state index contributed by atoms with van der Waals surface area (Å²) in [4.78, 5) is 0. The van der Waals surface area contributed by atoms with E-state index in [1.165, 1.54) is 0 Å². The monoisotopic (exact) mass is 295 g/mol. The number of hydrogen-bond donors (Lipinski definition) is 1. The Bertz CT molecular complexity index is 552. The average molecular weight is 296 g/mol. The Balaban J connectivity index is 2.28. The molecule has 0 bridgehead atoms. The van der Waals surface area contributed by atoms with Gasteiger partial charge in [-0.3, -0.25) is 0 Å². The predicted octanol–water partition coefficient (Wildman–Crippen LogP) is 4.24. The molecule has 0 heterocycles. The van der Waals surface area contributed by atoms with Gasteiger partial charge in [0.1, 0.15) is 5.75 Å². The highest BCUT2D eigenvalue weighted by Crippen LogP contribution is 2.31. The lowest BCUT2D eigenvalue weighted by Gasteiger charge is -2.17. The highest BCUT2D eigenvalue weighted by Gasteiger charge is 2.15. The van der Waals surface area contributed by atoms with Crippen LogP contribution in [0.1, 0.15) is 17.2 Å². The summed E-state index contributed by atoms with van der Waals surface area (Å²) >= 11 is 12.3. The van der Waals surface area contributed by atoms with Gasteiger partial charge in [-0.05, 0) is 30.2 Å². The Hall–Kier alpha value is -1.22. The maximum Gasteiger partial charge on any atom is 0.123 e. The highest BCUT2D eigenvalue weighted by molar-refractivity contribution is 6.36. The summed E-state index contributed by atoms with van der Waals surface area (Å²) in [7, 11) is 1.63. The van der Waals surface area contributed by atoms with Crippen LogP contribution in [0.5, 0.6) is 5.75 Å². The molecule has 2 aromatic rings. The summed E-state index contributed by atoms with van der Waals surface area (Å²) in [6.07, 6.45) is 0.568. The van der Waals surface area contributed by atoms with Crippen molar-refractivity contribution >= 4 is 23.2 Å². The molecule has 0 saturated carbocycles. The second-order valence-corrected chi connectivity index (χ2v) is 5.07. The van der Waals surface area contributed by atoms with E-state index in [9.17, 15) is 0 Å². The number of ether oxygens (including phenoxy) is 1. The fraction of sp³-hybridized carbons (Fsp3) is 0.200. The maximum atomic E-state index is 6.24. The van der Waals surface area contributed by atoms with Gasteiger partial charge in [-0.1, -0.05) is 47.5 Å². The summed E-state index contributed by atoms with van der Waals surface area (Å²) in [5.41, 5.74) is 8.05. The van der Waals surface area contributed by atoms with E-state index in [-0.39, 0.29) is 6.04 Å². The van der Waals surface area contributed by atoms with Crippen molar-refractivity contribution in [3.05, 3.63) is 63.6 Å². The van der Waals surface area contributed by atoms with Crippen LogP contribution >= 0.6 is 23.2 Å². The first-order valence-electron chi connectivity index (χ1n) is 5.95. The molecule has 0 aliphatic rings. The van der Waals surface area contributed by atoms with Gasteiger partial charge in [0.15, 0.2) is 0 Å². The van der Waals surface area contributed by atoms with Crippen molar-refractivity contribution in [2.45, 2.75) is 12.5 Å². The van der Waals surface area contributed by atoms with E-state index in [1.54, 1.807) is 7.11 Å². The molecule has 100 valence electrons. The van der Waals surface area contributed by atoms with Crippen LogP contribution < -0.4 is 10.5 Å². The lowest BCUT2D eigenvalue weighted by atomic mass is 9.99. The van der Waals surface area contributed by atoms with E-state index in [4.69, 9.17) is 33.7 Å². The Morgan fingerprint density at radius 1 is 1.05 bits per heavy atom. The van der Waals surface area contributed by atoms with Gasteiger partial charge in [-0.2, -0.15) is 0 Å². The van der Waals surface area contributed by atoms with Crippen LogP contribution in [0.25, 0.3) is 0 Å². The fourth-order valence-corrected chi connectivity index (χ4v) is 2.58. The van der Waals surface area contributed by atoms with E-state index >= 15 is 0 Å². The van der Waals surface area contributed by atoms with Crippen LogP contribution in [0.2, 0.25) is 10.0 Å². The Kier molecular flexibility index (Phi) is 4.70. The molecule has 4 heteroatoms. The molecule has 0 radical (unpaired) electrons. The number of halogens is 2. The molecular formula is C15H15Cl2NO. The van der Waals surface area contributed by atoms with Gasteiger partial charge in [-0.15, -0.1) is 0 Å². The van der Waals surface area contributed by atoms with Gasteiger partial charge >= 0.3 is 0 Å². The second-order valence-electron chi connectivity index (χ2n) is 4.25. The van der Waals surface area contributed by atoms with E-state index < -0.39 is 0 Å². The van der Waals surface area contributed by atoms with Crippen molar-refractivity contribution in [2.75, 3.05) is 7.11 Å². The quantitative estimate of drug-likeness (QED) is 0.915. The third-order valence-electron chi connectivity index (χ3n) is 3.02. The van der Waals surface area contributed by atoms with Gasteiger partial charge in [0.05, 0.1) is 7.11 Å². The summed E-state index contributed by atoms with van der Waals surface area (Å²) in [5, 5.41) is 1.27. The molecule has 19 heavy (non-hydrogen) atoms. The molecule has 0 aliphatic carbocycles. The van der Waals surface area contributed by atoms with Crippen molar-refractivity contribution in [3.8, 4) is 5.75 Å². The Morgan fingerprint density at radius 3 is 2.32 bits per heavy atom. The van der Waals surface area contributed by atoms with E-state index in [0.717, 1.165) is 16.9 Å². The van der Waals surface area contributed by atoms with E-state index in [1.807, 2.05) is 42.5 Å². The topological polar surface area (TPSA) is 35.2 Å². The molecule has 2 nitrogen and oxygen atoms in total. The molecule has 0 aromatic heterocycles. The normalized spacial score (nSPS) is 12.2. The summed E-state index contributed by atoms with van der Waals surface area (Å²) in [5.74, 6) is 0.776. The number of methoxy groups -OCH3 is 1. The zero-order chi connectivity index (χ0) is 13.8. The molecule has 0 spiro atoms. The highest BCUT2D eigenvalue weighted by atomic mass is 35.5. The number of rotatable bonds is 4. The number of hydrogen-bond acceptors (Lipinski definition) is 2. The van der Waals surface area contributed by atoms with Crippen LogP contribution in [-0.2, 0) is 6.42 Å². The first kappa shape index (κ1) is 14.2. The van der Waals surface area contributed by atoms with Crippen LogP contribution in [-0.4, -0.2) is 7.11 Å². The van der Waals surface area contributed by atoms with Crippen LogP contribution in [0.3, 0.4) is 0 Å². The van der Waals surface area contributed by atoms with Crippen molar-refractivity contribution in [2.24, 2.45) is 5.73 Å². The van der Waals surface area contributed by atoms with Crippen molar-refractivity contribution < 1.29 is 4.74 Å². The van der Waals surface area contributed by atoms with Crippen molar-refractivity contribution in [3.63, 3.8) is 0 Å². The molecule has 1 atom stereocenters. The maximum absolute atomic E-state index is 6.24. The SMILES string of the molecule is COc1ccccc1C(N)Cc1c(Cl)cccc1Cl. The van der Waals surface area contributed by atoms with Gasteiger partial charge in [0.2, 0.25) is 0 Å². The first-order valence-corrected chi connectivity index (χ1v) is 6.70. The van der Waals surface area contributed by atoms with E-state index in [0.29, 0.717) is 16.5 Å². The number of benzene rings is 2. The first-order chi connectivity index (χ1) is 9.13. The third kappa shape index (κ3) is 3.21. The molecule has 2 rings (SSSR count). The standard InChI is InChI=1S/C15H15Cl2NO/c1-19-15-8-3-2-5-10(15)14(18)9-11-12(16)6-4-7-13(11)17/h2-8,14H,9,18H2,1H3. The van der Waals surface area contributed by atoms with Crippen molar-refractivity contribution in [1.29, 1.82) is 0 Å². The summed E-state index contributed by atoms with van der Waals surface area (Å²) in [6, 6.07) is 12.9. The molecule has 0 amide bonds. The third-order valence-corrected chi connectivity index (χ3v) is 3.73.